The zero-order chi connectivity index (χ0) is 15.6. The monoisotopic (exact) mass is 363 g/mol. The summed E-state index contributed by atoms with van der Waals surface area (Å²) in [4.78, 5) is 9.44. The van der Waals surface area contributed by atoms with Crippen LogP contribution in [0.15, 0.2) is 77.4 Å². The van der Waals surface area contributed by atoms with Crippen molar-refractivity contribution in [3.63, 3.8) is 0 Å². The number of pyridine rings is 1. The third-order valence-corrected chi connectivity index (χ3v) is 4.15. The van der Waals surface area contributed by atoms with Gasteiger partial charge in [-0.05, 0) is 27.6 Å². The van der Waals surface area contributed by atoms with Crippen molar-refractivity contribution in [3.8, 4) is 22.9 Å². The fraction of sp³-hybridized carbons (Fsp3) is 0.0526. The van der Waals surface area contributed by atoms with Crippen LogP contribution in [-0.2, 0) is 6.54 Å². The normalized spacial score (nSPS) is 11.0. The number of rotatable bonds is 3. The molecule has 0 aliphatic carbocycles. The van der Waals surface area contributed by atoms with Crippen molar-refractivity contribution in [2.45, 2.75) is 6.54 Å². The highest BCUT2D eigenvalue weighted by molar-refractivity contribution is 9.10. The molecule has 2 heterocycles. The van der Waals surface area contributed by atoms with Crippen LogP contribution in [0.5, 0.6) is 0 Å². The molecule has 0 bridgehead atoms. The molecule has 112 valence electrons. The smallest absolute Gasteiger partial charge is 0.162 e. The van der Waals surface area contributed by atoms with Gasteiger partial charge in [-0.25, -0.2) is 9.97 Å². The third kappa shape index (κ3) is 2.90. The lowest BCUT2D eigenvalue weighted by atomic mass is 10.2. The Kier molecular flexibility index (Phi) is 3.67. The molecule has 2 aliphatic rings. The van der Waals surface area contributed by atoms with E-state index < -0.39 is 0 Å². The minimum Gasteiger partial charge on any atom is -0.326 e. The van der Waals surface area contributed by atoms with E-state index in [2.05, 4.69) is 55.9 Å². The second-order valence-corrected chi connectivity index (χ2v) is 6.31. The maximum atomic E-state index is 4.75. The summed E-state index contributed by atoms with van der Waals surface area (Å²) in [7, 11) is 0. The SMILES string of the molecule is Brc1cc2nc(-c3ccccc3)nc-2n(Cc2ccccc2)c1. The zero-order valence-electron chi connectivity index (χ0n) is 12.4. The zero-order valence-corrected chi connectivity index (χ0v) is 13.9. The minimum atomic E-state index is 0.764. The Hall–Kier alpha value is -2.46. The Labute approximate surface area is 143 Å². The highest BCUT2D eigenvalue weighted by Gasteiger charge is 2.16. The average Bonchev–Trinajstić information content (AvgIpc) is 3.01. The molecule has 3 nitrogen and oxygen atoms in total. The summed E-state index contributed by atoms with van der Waals surface area (Å²) < 4.78 is 3.13. The van der Waals surface area contributed by atoms with Crippen molar-refractivity contribution in [2.75, 3.05) is 0 Å². The largest absolute Gasteiger partial charge is 0.326 e. The molecule has 4 rings (SSSR count). The van der Waals surface area contributed by atoms with Crippen LogP contribution in [0.25, 0.3) is 22.9 Å². The van der Waals surface area contributed by atoms with Crippen LogP contribution in [0.1, 0.15) is 5.56 Å². The lowest BCUT2D eigenvalue weighted by Gasteiger charge is -2.11. The lowest BCUT2D eigenvalue weighted by Crippen LogP contribution is -2.05. The fourth-order valence-corrected chi connectivity index (χ4v) is 3.11. The molecule has 2 aliphatic heterocycles. The van der Waals surface area contributed by atoms with Gasteiger partial charge in [0.25, 0.3) is 0 Å². The minimum absolute atomic E-state index is 0.764. The molecule has 0 unspecified atom stereocenters. The second kappa shape index (κ2) is 5.97. The first-order valence-electron chi connectivity index (χ1n) is 7.42. The lowest BCUT2D eigenvalue weighted by molar-refractivity contribution is 0.781. The molecule has 0 saturated heterocycles. The van der Waals surface area contributed by atoms with Crippen molar-refractivity contribution >= 4 is 15.9 Å². The number of imidazole rings is 1. The number of hydrogen-bond acceptors (Lipinski definition) is 2. The molecule has 0 atom stereocenters. The van der Waals surface area contributed by atoms with E-state index in [0.29, 0.717) is 0 Å². The summed E-state index contributed by atoms with van der Waals surface area (Å²) in [5, 5.41) is 0. The van der Waals surface area contributed by atoms with Gasteiger partial charge >= 0.3 is 0 Å². The van der Waals surface area contributed by atoms with Gasteiger partial charge in [-0.3, -0.25) is 0 Å². The number of benzene rings is 2. The number of aromatic nitrogens is 3. The molecule has 2 aromatic rings. The van der Waals surface area contributed by atoms with Gasteiger partial charge in [-0.2, -0.15) is 0 Å². The molecule has 0 amide bonds. The second-order valence-electron chi connectivity index (χ2n) is 5.39. The van der Waals surface area contributed by atoms with Crippen molar-refractivity contribution in [3.05, 3.63) is 83.0 Å². The summed E-state index contributed by atoms with van der Waals surface area (Å²) >= 11 is 3.57. The maximum absolute atomic E-state index is 4.75. The standard InChI is InChI=1S/C19H14BrN3/c20-16-11-17-19(22-18(21-17)15-9-5-2-6-10-15)23(13-16)12-14-7-3-1-4-8-14/h1-11,13H,12H2. The first kappa shape index (κ1) is 14.2. The summed E-state index contributed by atoms with van der Waals surface area (Å²) in [5.41, 5.74) is 3.17. The first-order chi connectivity index (χ1) is 11.3. The van der Waals surface area contributed by atoms with Gasteiger partial charge in [0.05, 0.1) is 0 Å². The quantitative estimate of drug-likeness (QED) is 0.520. The van der Waals surface area contributed by atoms with Gasteiger partial charge in [-0.1, -0.05) is 60.7 Å². The molecule has 0 radical (unpaired) electrons. The summed E-state index contributed by atoms with van der Waals surface area (Å²) in [5.74, 6) is 1.66. The summed E-state index contributed by atoms with van der Waals surface area (Å²) in [6, 6.07) is 22.5. The van der Waals surface area contributed by atoms with Crippen LogP contribution in [0, 0.1) is 0 Å². The topological polar surface area (TPSA) is 30.7 Å². The molecule has 0 saturated carbocycles. The predicted molar refractivity (Wildman–Crippen MR) is 95.3 cm³/mol. The van der Waals surface area contributed by atoms with E-state index >= 15 is 0 Å². The first-order valence-corrected chi connectivity index (χ1v) is 8.22. The van der Waals surface area contributed by atoms with E-state index in [9.17, 15) is 0 Å². The highest BCUT2D eigenvalue weighted by atomic mass is 79.9. The van der Waals surface area contributed by atoms with Crippen LogP contribution in [0.2, 0.25) is 0 Å². The molecule has 0 fully saturated rings. The third-order valence-electron chi connectivity index (χ3n) is 3.72. The van der Waals surface area contributed by atoms with Crippen LogP contribution in [0.3, 0.4) is 0 Å². The van der Waals surface area contributed by atoms with E-state index in [1.54, 1.807) is 0 Å². The predicted octanol–water partition coefficient (Wildman–Crippen LogP) is 4.86. The van der Waals surface area contributed by atoms with E-state index in [-0.39, 0.29) is 0 Å². The average molecular weight is 364 g/mol. The van der Waals surface area contributed by atoms with Crippen molar-refractivity contribution in [1.82, 2.24) is 14.5 Å². The molecule has 23 heavy (non-hydrogen) atoms. The molecular formula is C19H14BrN3. The van der Waals surface area contributed by atoms with Gasteiger partial charge in [-0.15, -0.1) is 0 Å². The Morgan fingerprint density at radius 2 is 1.57 bits per heavy atom. The Bertz CT molecular complexity index is 901. The van der Waals surface area contributed by atoms with E-state index in [1.807, 2.05) is 42.5 Å². The Balaban J connectivity index is 1.81. The molecule has 4 heteroatoms. The summed E-state index contributed by atoms with van der Waals surface area (Å²) in [6.07, 6.45) is 2.05. The van der Waals surface area contributed by atoms with E-state index in [1.165, 1.54) is 5.56 Å². The number of halogens is 1. The van der Waals surface area contributed by atoms with Crippen LogP contribution < -0.4 is 0 Å². The molecule has 0 spiro atoms. The molecule has 0 N–H and O–H groups in total. The van der Waals surface area contributed by atoms with Crippen LogP contribution in [-0.4, -0.2) is 14.5 Å². The fourth-order valence-electron chi connectivity index (χ4n) is 2.65. The van der Waals surface area contributed by atoms with Crippen LogP contribution in [0.4, 0.5) is 0 Å². The number of fused-ring (bicyclic) bond motifs is 1. The van der Waals surface area contributed by atoms with Gasteiger partial charge in [0.2, 0.25) is 0 Å². The van der Waals surface area contributed by atoms with Crippen molar-refractivity contribution < 1.29 is 0 Å². The summed E-state index contributed by atoms with van der Waals surface area (Å²) in [6.45, 7) is 0.768. The van der Waals surface area contributed by atoms with Gasteiger partial charge < -0.3 is 4.57 Å². The van der Waals surface area contributed by atoms with Gasteiger partial charge in [0, 0.05) is 22.8 Å². The van der Waals surface area contributed by atoms with Crippen molar-refractivity contribution in [1.29, 1.82) is 0 Å². The molecular weight excluding hydrogens is 350 g/mol. The number of nitrogens with zero attached hydrogens (tertiary/aromatic N) is 3. The van der Waals surface area contributed by atoms with E-state index in [4.69, 9.17) is 4.98 Å². The van der Waals surface area contributed by atoms with Crippen LogP contribution >= 0.6 is 15.9 Å². The molecule has 2 aromatic carbocycles. The Morgan fingerprint density at radius 3 is 2.30 bits per heavy atom. The van der Waals surface area contributed by atoms with E-state index in [0.717, 1.165) is 33.9 Å². The van der Waals surface area contributed by atoms with Crippen molar-refractivity contribution in [2.24, 2.45) is 0 Å². The van der Waals surface area contributed by atoms with Gasteiger partial charge in [0.1, 0.15) is 5.69 Å². The Morgan fingerprint density at radius 1 is 0.870 bits per heavy atom. The maximum Gasteiger partial charge on any atom is 0.162 e. The number of hydrogen-bond donors (Lipinski definition) is 0. The van der Waals surface area contributed by atoms with Gasteiger partial charge in [0.15, 0.2) is 11.6 Å². The molecule has 0 aromatic heterocycles. The highest BCUT2D eigenvalue weighted by Crippen LogP contribution is 2.28.